The molecule has 29 heavy (non-hydrogen) atoms. The molecule has 1 amide bonds. The summed E-state index contributed by atoms with van der Waals surface area (Å²) < 4.78 is 7.06. The molecule has 2 aromatic heterocycles. The van der Waals surface area contributed by atoms with Crippen molar-refractivity contribution in [3.8, 4) is 5.69 Å². The van der Waals surface area contributed by atoms with E-state index in [1.807, 2.05) is 54.3 Å². The van der Waals surface area contributed by atoms with Crippen LogP contribution in [0.15, 0.2) is 55.0 Å². The molecule has 4 rings (SSSR count). The van der Waals surface area contributed by atoms with Crippen LogP contribution < -0.4 is 10.2 Å². The Balaban J connectivity index is 1.51. The van der Waals surface area contributed by atoms with Crippen LogP contribution in [0.2, 0.25) is 0 Å². The molecule has 1 saturated heterocycles. The molecule has 0 radical (unpaired) electrons. The van der Waals surface area contributed by atoms with Crippen molar-refractivity contribution < 1.29 is 9.53 Å². The first-order valence-corrected chi connectivity index (χ1v) is 9.68. The van der Waals surface area contributed by atoms with Gasteiger partial charge in [0.25, 0.3) is 0 Å². The van der Waals surface area contributed by atoms with Crippen molar-refractivity contribution in [3.63, 3.8) is 0 Å². The summed E-state index contributed by atoms with van der Waals surface area (Å²) in [6.07, 6.45) is 5.07. The summed E-state index contributed by atoms with van der Waals surface area (Å²) in [4.78, 5) is 22.7. The smallest absolute Gasteiger partial charge is 0.415 e. The topological polar surface area (TPSA) is 85.2 Å². The molecule has 1 N–H and O–H groups in total. The van der Waals surface area contributed by atoms with Crippen LogP contribution in [0.1, 0.15) is 32.4 Å². The van der Waals surface area contributed by atoms with Crippen LogP contribution in [0.5, 0.6) is 0 Å². The van der Waals surface area contributed by atoms with Crippen LogP contribution in [0.3, 0.4) is 0 Å². The van der Waals surface area contributed by atoms with Gasteiger partial charge < -0.3 is 10.1 Å². The van der Waals surface area contributed by atoms with Crippen molar-refractivity contribution >= 4 is 17.9 Å². The molecule has 1 unspecified atom stereocenters. The number of aromatic nitrogens is 4. The first-order chi connectivity index (χ1) is 14.0. The van der Waals surface area contributed by atoms with E-state index in [2.05, 4.69) is 34.2 Å². The number of carbonyl (C=O) groups is 1. The molecule has 0 saturated carbocycles. The van der Waals surface area contributed by atoms with Crippen LogP contribution >= 0.6 is 0 Å². The van der Waals surface area contributed by atoms with Gasteiger partial charge in [0.15, 0.2) is 0 Å². The van der Waals surface area contributed by atoms with Gasteiger partial charge in [-0.3, -0.25) is 4.90 Å². The number of ether oxygens (including phenoxy) is 1. The van der Waals surface area contributed by atoms with Crippen molar-refractivity contribution in [3.05, 3.63) is 60.6 Å². The molecule has 1 aromatic carbocycles. The lowest BCUT2D eigenvalue weighted by Crippen LogP contribution is -2.37. The number of rotatable bonds is 6. The number of hydrogen-bond acceptors (Lipinski definition) is 6. The van der Waals surface area contributed by atoms with Gasteiger partial charge >= 0.3 is 6.09 Å². The second-order valence-electron chi connectivity index (χ2n) is 7.42. The molecule has 3 aromatic rings. The Morgan fingerprint density at radius 1 is 1.17 bits per heavy atom. The van der Waals surface area contributed by atoms with Gasteiger partial charge in [0.2, 0.25) is 5.95 Å². The van der Waals surface area contributed by atoms with Crippen LogP contribution in [0.25, 0.3) is 5.69 Å². The summed E-state index contributed by atoms with van der Waals surface area (Å²) in [5.41, 5.74) is 2.00. The number of benzene rings is 1. The largest absolute Gasteiger partial charge is 0.447 e. The predicted molar refractivity (Wildman–Crippen MR) is 110 cm³/mol. The average Bonchev–Trinajstić information content (AvgIpc) is 3.36. The Morgan fingerprint density at radius 3 is 2.72 bits per heavy atom. The van der Waals surface area contributed by atoms with Crippen molar-refractivity contribution in [2.45, 2.75) is 32.9 Å². The van der Waals surface area contributed by atoms with Crippen molar-refractivity contribution in [2.75, 3.05) is 16.8 Å². The zero-order valence-corrected chi connectivity index (χ0v) is 16.7. The lowest BCUT2D eigenvalue weighted by Gasteiger charge is -2.23. The molecular formula is C21H24N6O2. The highest BCUT2D eigenvalue weighted by atomic mass is 16.6. The molecule has 1 aliphatic rings. The Kier molecular flexibility index (Phi) is 5.16. The Bertz CT molecular complexity index is 988. The minimum absolute atomic E-state index is 0.0354. The van der Waals surface area contributed by atoms with Crippen LogP contribution in [-0.4, -0.2) is 38.5 Å². The minimum Gasteiger partial charge on any atom is -0.447 e. The first-order valence-electron chi connectivity index (χ1n) is 9.68. The SMILES string of the molecule is CC(C)C1COC(=O)N1c1ccnc(N[C@H](C)c2cnn(-c3ccccc3)c2)n1. The normalized spacial score (nSPS) is 17.4. The molecule has 0 aliphatic carbocycles. The maximum absolute atomic E-state index is 12.2. The van der Waals surface area contributed by atoms with Gasteiger partial charge in [0.1, 0.15) is 12.4 Å². The first kappa shape index (κ1) is 18.9. The van der Waals surface area contributed by atoms with Crippen molar-refractivity contribution in [2.24, 2.45) is 5.92 Å². The number of anilines is 2. The molecule has 150 valence electrons. The third-order valence-corrected chi connectivity index (χ3v) is 5.03. The number of nitrogens with zero attached hydrogens (tertiary/aromatic N) is 5. The van der Waals surface area contributed by atoms with E-state index in [-0.39, 0.29) is 24.1 Å². The fourth-order valence-corrected chi connectivity index (χ4v) is 3.30. The molecule has 8 nitrogen and oxygen atoms in total. The summed E-state index contributed by atoms with van der Waals surface area (Å²) in [7, 11) is 0. The zero-order valence-electron chi connectivity index (χ0n) is 16.7. The molecule has 0 spiro atoms. The van der Waals surface area contributed by atoms with Gasteiger partial charge in [0, 0.05) is 18.0 Å². The standard InChI is InChI=1S/C21H24N6O2/c1-14(2)18-13-29-21(28)27(18)19-9-10-22-20(25-19)24-15(3)16-11-23-26(12-16)17-7-5-4-6-8-17/h4-12,14-15,18H,13H2,1-3H3,(H,22,24,25)/t15-,18?/m1/s1. The fourth-order valence-electron chi connectivity index (χ4n) is 3.30. The lowest BCUT2D eigenvalue weighted by atomic mass is 10.0. The Labute approximate surface area is 169 Å². The van der Waals surface area contributed by atoms with Crippen LogP contribution in [0, 0.1) is 5.92 Å². The third kappa shape index (κ3) is 3.91. The summed E-state index contributed by atoms with van der Waals surface area (Å²) in [5, 5.41) is 7.73. The molecule has 0 bridgehead atoms. The molecular weight excluding hydrogens is 368 g/mol. The van der Waals surface area contributed by atoms with Gasteiger partial charge in [0.05, 0.1) is 24.0 Å². The summed E-state index contributed by atoms with van der Waals surface area (Å²) in [5.74, 6) is 1.25. The Hall–Kier alpha value is -3.42. The van der Waals surface area contributed by atoms with E-state index in [0.717, 1.165) is 11.3 Å². The molecule has 3 heterocycles. The van der Waals surface area contributed by atoms with Crippen molar-refractivity contribution in [1.29, 1.82) is 0 Å². The van der Waals surface area contributed by atoms with Gasteiger partial charge in [-0.25, -0.2) is 14.5 Å². The van der Waals surface area contributed by atoms with E-state index >= 15 is 0 Å². The predicted octanol–water partition coefficient (Wildman–Crippen LogP) is 3.82. The number of cyclic esters (lactones) is 1. The second kappa shape index (κ2) is 7.90. The quantitative estimate of drug-likeness (QED) is 0.686. The van der Waals surface area contributed by atoms with Gasteiger partial charge in [-0.15, -0.1) is 0 Å². The van der Waals surface area contributed by atoms with Crippen LogP contribution in [0.4, 0.5) is 16.6 Å². The highest BCUT2D eigenvalue weighted by Gasteiger charge is 2.37. The molecule has 2 atom stereocenters. The highest BCUT2D eigenvalue weighted by Crippen LogP contribution is 2.26. The van der Waals surface area contributed by atoms with E-state index in [9.17, 15) is 4.79 Å². The number of para-hydroxylation sites is 1. The van der Waals surface area contributed by atoms with Gasteiger partial charge in [-0.2, -0.15) is 10.1 Å². The third-order valence-electron chi connectivity index (χ3n) is 5.03. The van der Waals surface area contributed by atoms with E-state index in [1.165, 1.54) is 0 Å². The van der Waals surface area contributed by atoms with Gasteiger partial charge in [-0.1, -0.05) is 32.0 Å². The van der Waals surface area contributed by atoms with E-state index in [1.54, 1.807) is 17.2 Å². The summed E-state index contributed by atoms with van der Waals surface area (Å²) in [6.45, 7) is 6.51. The number of hydrogen-bond donors (Lipinski definition) is 1. The fraction of sp³-hybridized carbons (Fsp3) is 0.333. The van der Waals surface area contributed by atoms with E-state index in [4.69, 9.17) is 4.74 Å². The number of nitrogens with one attached hydrogen (secondary N) is 1. The maximum atomic E-state index is 12.2. The average molecular weight is 392 g/mol. The highest BCUT2D eigenvalue weighted by molar-refractivity contribution is 5.89. The summed E-state index contributed by atoms with van der Waals surface area (Å²) in [6, 6.07) is 11.6. The number of amides is 1. The molecule has 8 heteroatoms. The van der Waals surface area contributed by atoms with Crippen molar-refractivity contribution in [1.82, 2.24) is 19.7 Å². The summed E-state index contributed by atoms with van der Waals surface area (Å²) >= 11 is 0. The molecule has 1 aliphatic heterocycles. The van der Waals surface area contributed by atoms with E-state index in [0.29, 0.717) is 18.4 Å². The molecule has 1 fully saturated rings. The zero-order chi connectivity index (χ0) is 20.4. The van der Waals surface area contributed by atoms with Crippen LogP contribution in [-0.2, 0) is 4.74 Å². The number of carbonyl (C=O) groups excluding carboxylic acids is 1. The monoisotopic (exact) mass is 392 g/mol. The minimum atomic E-state index is -0.370. The second-order valence-corrected chi connectivity index (χ2v) is 7.42. The maximum Gasteiger partial charge on any atom is 0.415 e. The van der Waals surface area contributed by atoms with E-state index < -0.39 is 0 Å². The lowest BCUT2D eigenvalue weighted by molar-refractivity contribution is 0.177. The van der Waals surface area contributed by atoms with Gasteiger partial charge in [-0.05, 0) is 31.0 Å². The Morgan fingerprint density at radius 2 is 1.97 bits per heavy atom.